The Kier molecular flexibility index (Phi) is 11.1. The van der Waals surface area contributed by atoms with Gasteiger partial charge in [-0.25, -0.2) is 0 Å². The van der Waals surface area contributed by atoms with Crippen LogP contribution >= 0.6 is 7.60 Å². The molecule has 4 N–H and O–H groups in total. The molecular formula is C29H35N2O6P. The van der Waals surface area contributed by atoms with E-state index in [4.69, 9.17) is 5.11 Å². The van der Waals surface area contributed by atoms with Gasteiger partial charge in [-0.15, -0.1) is 0 Å². The summed E-state index contributed by atoms with van der Waals surface area (Å²) in [6, 6.07) is 25.7. The van der Waals surface area contributed by atoms with E-state index in [1.165, 1.54) is 4.90 Å². The van der Waals surface area contributed by atoms with Crippen molar-refractivity contribution in [2.24, 2.45) is 0 Å². The number of anilines is 1. The molecule has 0 heterocycles. The molecule has 0 spiro atoms. The fraction of sp³-hybridized carbons (Fsp3) is 0.310. The van der Waals surface area contributed by atoms with Crippen LogP contribution in [0.4, 0.5) is 5.69 Å². The van der Waals surface area contributed by atoms with Crippen molar-refractivity contribution in [1.82, 2.24) is 5.32 Å². The van der Waals surface area contributed by atoms with Gasteiger partial charge < -0.3 is 25.1 Å². The maximum Gasteiger partial charge on any atom is 0.344 e. The first-order valence-corrected chi connectivity index (χ1v) is 14.5. The van der Waals surface area contributed by atoms with Gasteiger partial charge in [0.1, 0.15) is 12.3 Å². The first-order valence-electron chi connectivity index (χ1n) is 12.7. The smallest absolute Gasteiger partial charge is 0.344 e. The fourth-order valence-corrected chi connectivity index (χ4v) is 5.05. The fourth-order valence-electron chi connectivity index (χ4n) is 4.29. The molecular weight excluding hydrogens is 503 g/mol. The minimum absolute atomic E-state index is 0.131. The summed E-state index contributed by atoms with van der Waals surface area (Å²) in [4.78, 5) is 45.2. The Balaban J connectivity index is 1.77. The van der Waals surface area contributed by atoms with Crippen LogP contribution in [0.2, 0.25) is 0 Å². The van der Waals surface area contributed by atoms with E-state index in [0.717, 1.165) is 29.5 Å². The van der Waals surface area contributed by atoms with Crippen LogP contribution in [0.3, 0.4) is 0 Å². The Morgan fingerprint density at radius 3 is 1.97 bits per heavy atom. The van der Waals surface area contributed by atoms with E-state index in [1.54, 1.807) is 30.3 Å². The van der Waals surface area contributed by atoms with Gasteiger partial charge in [-0.3, -0.25) is 14.2 Å². The zero-order chi connectivity index (χ0) is 27.4. The zero-order valence-corrected chi connectivity index (χ0v) is 22.2. The molecule has 0 unspecified atom stereocenters. The number of amides is 1. The van der Waals surface area contributed by atoms with Crippen molar-refractivity contribution in [2.75, 3.05) is 17.7 Å². The molecule has 8 nitrogen and oxygen atoms in total. The van der Waals surface area contributed by atoms with Gasteiger partial charge >= 0.3 is 13.6 Å². The van der Waals surface area contributed by atoms with Gasteiger partial charge in [-0.1, -0.05) is 85.6 Å². The van der Waals surface area contributed by atoms with Crippen LogP contribution in [-0.2, 0) is 20.6 Å². The monoisotopic (exact) mass is 538 g/mol. The number of nitrogens with zero attached hydrogens (tertiary/aromatic N) is 1. The molecule has 0 bridgehead atoms. The third-order valence-electron chi connectivity index (χ3n) is 6.21. The predicted octanol–water partition coefficient (Wildman–Crippen LogP) is 5.06. The minimum Gasteiger partial charge on any atom is -0.481 e. The van der Waals surface area contributed by atoms with Crippen molar-refractivity contribution in [2.45, 2.75) is 44.6 Å². The number of hydrogen-bond donors (Lipinski definition) is 4. The van der Waals surface area contributed by atoms with Crippen molar-refractivity contribution < 1.29 is 29.0 Å². The molecule has 0 aliphatic carbocycles. The summed E-state index contributed by atoms with van der Waals surface area (Å²) in [6.45, 7) is 0.397. The summed E-state index contributed by atoms with van der Waals surface area (Å²) in [5.41, 5.74) is 3.52. The highest BCUT2D eigenvalue weighted by molar-refractivity contribution is 7.51. The summed E-state index contributed by atoms with van der Waals surface area (Å²) >= 11 is 0. The van der Waals surface area contributed by atoms with Gasteiger partial charge in [-0.05, 0) is 41.7 Å². The Morgan fingerprint density at radius 2 is 1.37 bits per heavy atom. The van der Waals surface area contributed by atoms with Gasteiger partial charge in [0.25, 0.3) is 0 Å². The van der Waals surface area contributed by atoms with Crippen molar-refractivity contribution >= 4 is 25.2 Å². The molecule has 1 amide bonds. The van der Waals surface area contributed by atoms with Crippen molar-refractivity contribution in [1.29, 1.82) is 0 Å². The van der Waals surface area contributed by atoms with Gasteiger partial charge in [0.15, 0.2) is 0 Å². The number of benzene rings is 3. The molecule has 3 aromatic carbocycles. The second-order valence-corrected chi connectivity index (χ2v) is 10.9. The van der Waals surface area contributed by atoms with Crippen molar-refractivity contribution in [3.8, 4) is 11.1 Å². The number of nitrogens with one attached hydrogen (secondary N) is 1. The molecule has 0 aliphatic heterocycles. The van der Waals surface area contributed by atoms with Gasteiger partial charge in [0.05, 0.1) is 0 Å². The first-order chi connectivity index (χ1) is 18.2. The van der Waals surface area contributed by atoms with E-state index in [9.17, 15) is 23.9 Å². The van der Waals surface area contributed by atoms with Crippen LogP contribution in [0, 0.1) is 0 Å². The van der Waals surface area contributed by atoms with Crippen molar-refractivity contribution in [3.63, 3.8) is 0 Å². The Hall–Kier alpha value is -3.45. The third-order valence-corrected chi connectivity index (χ3v) is 6.88. The number of carboxylic acid groups (broad SMARTS) is 1. The zero-order valence-electron chi connectivity index (χ0n) is 21.3. The molecule has 0 saturated heterocycles. The molecule has 38 heavy (non-hydrogen) atoms. The van der Waals surface area contributed by atoms with Crippen LogP contribution in [0.5, 0.6) is 0 Å². The van der Waals surface area contributed by atoms with E-state index < -0.39 is 25.9 Å². The van der Waals surface area contributed by atoms with Crippen LogP contribution in [-0.4, -0.2) is 45.6 Å². The Labute approximate surface area is 223 Å². The van der Waals surface area contributed by atoms with Crippen LogP contribution in [0.1, 0.15) is 37.7 Å². The topological polar surface area (TPSA) is 127 Å². The van der Waals surface area contributed by atoms with Crippen LogP contribution < -0.4 is 10.2 Å². The van der Waals surface area contributed by atoms with Crippen LogP contribution in [0.15, 0.2) is 84.9 Å². The van der Waals surface area contributed by atoms with E-state index in [0.29, 0.717) is 25.1 Å². The number of carbonyl (C=O) groups excluding carboxylic acids is 1. The molecule has 3 rings (SSSR count). The molecule has 9 heteroatoms. The van der Waals surface area contributed by atoms with Crippen molar-refractivity contribution in [3.05, 3.63) is 90.5 Å². The summed E-state index contributed by atoms with van der Waals surface area (Å²) in [5, 5.41) is 11.7. The average Bonchev–Trinajstić information content (AvgIpc) is 2.90. The van der Waals surface area contributed by atoms with Gasteiger partial charge in [0, 0.05) is 25.1 Å². The number of rotatable bonds is 15. The largest absolute Gasteiger partial charge is 0.481 e. The molecule has 0 fully saturated rings. The predicted molar refractivity (Wildman–Crippen MR) is 149 cm³/mol. The maximum atomic E-state index is 13.4. The SMILES string of the molecule is O=C(O)CCCCCCNC(=O)[C@H](Cc1ccc(-c2ccccc2)cc1)N(CP(=O)(O)O)c1ccccc1. The minimum atomic E-state index is -4.49. The van der Waals surface area contributed by atoms with Gasteiger partial charge in [0.2, 0.25) is 5.91 Å². The molecule has 0 aliphatic rings. The number of carboxylic acids is 1. The van der Waals surface area contributed by atoms with E-state index in [2.05, 4.69) is 5.32 Å². The molecule has 0 aromatic heterocycles. The number of carbonyl (C=O) groups is 2. The number of para-hydroxylation sites is 1. The van der Waals surface area contributed by atoms with E-state index in [-0.39, 0.29) is 18.7 Å². The molecule has 3 aromatic rings. The van der Waals surface area contributed by atoms with E-state index in [1.807, 2.05) is 54.6 Å². The number of hydrogen-bond acceptors (Lipinski definition) is 4. The van der Waals surface area contributed by atoms with Gasteiger partial charge in [-0.2, -0.15) is 0 Å². The summed E-state index contributed by atoms with van der Waals surface area (Å²) in [7, 11) is -4.49. The first kappa shape index (κ1) is 29.1. The lowest BCUT2D eigenvalue weighted by Crippen LogP contribution is -2.49. The molecule has 1 atom stereocenters. The second kappa shape index (κ2) is 14.5. The number of aliphatic carboxylic acids is 1. The lowest BCUT2D eigenvalue weighted by molar-refractivity contribution is -0.137. The molecule has 0 radical (unpaired) electrons. The quantitative estimate of drug-likeness (QED) is 0.157. The third kappa shape index (κ3) is 9.78. The highest BCUT2D eigenvalue weighted by Gasteiger charge is 2.31. The normalized spacial score (nSPS) is 12.1. The highest BCUT2D eigenvalue weighted by atomic mass is 31.2. The Morgan fingerprint density at radius 1 is 0.789 bits per heavy atom. The van der Waals surface area contributed by atoms with Crippen LogP contribution in [0.25, 0.3) is 11.1 Å². The second-order valence-electron chi connectivity index (χ2n) is 9.24. The average molecular weight is 539 g/mol. The lowest BCUT2D eigenvalue weighted by Gasteiger charge is -2.33. The highest BCUT2D eigenvalue weighted by Crippen LogP contribution is 2.38. The summed E-state index contributed by atoms with van der Waals surface area (Å²) < 4.78 is 12.1. The molecule has 0 saturated carbocycles. The summed E-state index contributed by atoms with van der Waals surface area (Å²) in [5.74, 6) is -1.14. The Bertz CT molecular complexity index is 1200. The summed E-state index contributed by atoms with van der Waals surface area (Å²) in [6.07, 6.45) is 2.62. The number of unbranched alkanes of at least 4 members (excludes halogenated alkanes) is 3. The maximum absolute atomic E-state index is 13.4. The lowest BCUT2D eigenvalue weighted by atomic mass is 9.99. The standard InChI is InChI=1S/C29H35N2O6P/c32-28(33)15-9-1-2-10-20-30-29(34)27(31(22-38(35,36)37)26-13-7-4-8-14-26)21-23-16-18-25(19-17-23)24-11-5-3-6-12-24/h3-8,11-14,16-19,27H,1-2,9-10,15,20-22H2,(H,30,34)(H,32,33)(H2,35,36,37)/t27-/m0/s1. The van der Waals surface area contributed by atoms with E-state index >= 15 is 0 Å². The molecule has 202 valence electrons.